The fraction of sp³-hybridized carbons (Fsp3) is 0.417. The van der Waals surface area contributed by atoms with Gasteiger partial charge in [0, 0.05) is 23.7 Å². The lowest BCUT2D eigenvalue weighted by molar-refractivity contribution is 0.0717. The number of carbonyl (C=O) groups excluding carboxylic acids is 1. The Morgan fingerprint density at radius 3 is 2.88 bits per heavy atom. The van der Waals surface area contributed by atoms with Gasteiger partial charge in [0.25, 0.3) is 5.91 Å². The van der Waals surface area contributed by atoms with E-state index in [1.807, 2.05) is 0 Å². The first-order valence-corrected chi connectivity index (χ1v) is 5.56. The molecule has 0 spiro atoms. The van der Waals surface area contributed by atoms with Crippen LogP contribution in [0.4, 0.5) is 4.39 Å². The maximum atomic E-state index is 13.5. The average Bonchev–Trinajstić information content (AvgIpc) is 2.88. The van der Waals surface area contributed by atoms with Crippen molar-refractivity contribution < 1.29 is 9.18 Å². The number of amides is 1. The third-order valence-electron chi connectivity index (χ3n) is 3.41. The molecule has 17 heavy (non-hydrogen) atoms. The first-order chi connectivity index (χ1) is 7.77. The summed E-state index contributed by atoms with van der Waals surface area (Å²) in [5.41, 5.74) is 1.09. The van der Waals surface area contributed by atoms with Gasteiger partial charge in [-0.3, -0.25) is 4.79 Å². The molecule has 0 unspecified atom stereocenters. The van der Waals surface area contributed by atoms with Gasteiger partial charge in [0.1, 0.15) is 5.82 Å². The molecule has 3 rings (SSSR count). The molecule has 0 radical (unpaired) electrons. The van der Waals surface area contributed by atoms with Crippen molar-refractivity contribution in [2.45, 2.75) is 19.0 Å². The Kier molecular flexibility index (Phi) is 3.35. The molecule has 1 saturated heterocycles. The second kappa shape index (κ2) is 4.63. The normalized spacial score (nSPS) is 22.5. The van der Waals surface area contributed by atoms with Gasteiger partial charge in [-0.25, -0.2) is 4.39 Å². The molecule has 1 aromatic rings. The minimum absolute atomic E-state index is 0. The molecule has 1 amide bonds. The maximum absolute atomic E-state index is 13.5. The molecule has 1 fully saturated rings. The van der Waals surface area contributed by atoms with Crippen LogP contribution < -0.4 is 5.32 Å². The van der Waals surface area contributed by atoms with Crippen LogP contribution in [0.15, 0.2) is 18.2 Å². The summed E-state index contributed by atoms with van der Waals surface area (Å²) >= 11 is 0. The van der Waals surface area contributed by atoms with E-state index in [4.69, 9.17) is 0 Å². The lowest BCUT2D eigenvalue weighted by atomic mass is 10.1. The second-order valence-corrected chi connectivity index (χ2v) is 4.35. The minimum Gasteiger partial charge on any atom is -0.330 e. The average molecular weight is 257 g/mol. The van der Waals surface area contributed by atoms with Crippen LogP contribution in [0.5, 0.6) is 0 Å². The van der Waals surface area contributed by atoms with E-state index in [0.717, 1.165) is 19.5 Å². The highest BCUT2D eigenvalue weighted by Gasteiger charge is 2.35. The van der Waals surface area contributed by atoms with Gasteiger partial charge in [-0.2, -0.15) is 0 Å². The number of hydrogen-bond acceptors (Lipinski definition) is 2. The number of fused-ring (bicyclic) bond motifs is 1. The van der Waals surface area contributed by atoms with Crippen molar-refractivity contribution in [3.63, 3.8) is 0 Å². The van der Waals surface area contributed by atoms with Crippen molar-refractivity contribution in [3.8, 4) is 0 Å². The molecular weight excluding hydrogens is 243 g/mol. The number of nitrogens with zero attached hydrogens (tertiary/aromatic N) is 1. The molecule has 2 aliphatic heterocycles. The molecule has 3 nitrogen and oxygen atoms in total. The van der Waals surface area contributed by atoms with Gasteiger partial charge >= 0.3 is 0 Å². The van der Waals surface area contributed by atoms with Gasteiger partial charge in [-0.05, 0) is 25.1 Å². The first-order valence-electron chi connectivity index (χ1n) is 5.56. The predicted molar refractivity (Wildman–Crippen MR) is 64.8 cm³/mol. The van der Waals surface area contributed by atoms with Crippen molar-refractivity contribution >= 4 is 18.3 Å². The summed E-state index contributed by atoms with van der Waals surface area (Å²) in [6.07, 6.45) is 0.960. The van der Waals surface area contributed by atoms with Crippen LogP contribution in [0, 0.1) is 5.82 Å². The van der Waals surface area contributed by atoms with E-state index in [9.17, 15) is 9.18 Å². The van der Waals surface area contributed by atoms with Crippen LogP contribution in [-0.2, 0) is 6.54 Å². The lowest BCUT2D eigenvalue weighted by Crippen LogP contribution is -2.36. The Hall–Kier alpha value is -1.13. The zero-order chi connectivity index (χ0) is 11.1. The highest BCUT2D eigenvalue weighted by Crippen LogP contribution is 2.28. The number of hydrogen-bond donors (Lipinski definition) is 1. The van der Waals surface area contributed by atoms with E-state index in [2.05, 4.69) is 5.32 Å². The summed E-state index contributed by atoms with van der Waals surface area (Å²) in [5.74, 6) is -0.289. The lowest BCUT2D eigenvalue weighted by Gasteiger charge is -2.22. The van der Waals surface area contributed by atoms with Crippen molar-refractivity contribution in [1.29, 1.82) is 0 Å². The predicted octanol–water partition coefficient (Wildman–Crippen LogP) is 1.57. The molecule has 1 atom stereocenters. The van der Waals surface area contributed by atoms with E-state index in [1.54, 1.807) is 17.0 Å². The summed E-state index contributed by atoms with van der Waals surface area (Å²) < 4.78 is 13.5. The van der Waals surface area contributed by atoms with Crippen LogP contribution >= 0.6 is 12.4 Å². The Morgan fingerprint density at radius 2 is 2.24 bits per heavy atom. The highest BCUT2D eigenvalue weighted by molar-refractivity contribution is 5.98. The zero-order valence-corrected chi connectivity index (χ0v) is 10.1. The first kappa shape index (κ1) is 12.3. The van der Waals surface area contributed by atoms with E-state index in [-0.39, 0.29) is 30.2 Å². The van der Waals surface area contributed by atoms with Crippen molar-refractivity contribution in [1.82, 2.24) is 10.2 Å². The quantitative estimate of drug-likeness (QED) is 0.827. The Labute approximate surface area is 105 Å². The van der Waals surface area contributed by atoms with Gasteiger partial charge < -0.3 is 10.2 Å². The van der Waals surface area contributed by atoms with E-state index in [1.165, 1.54) is 6.07 Å². The van der Waals surface area contributed by atoms with Crippen LogP contribution in [0.25, 0.3) is 0 Å². The molecule has 0 saturated carbocycles. The SMILES string of the molecule is Cl.O=C1c2cccc(F)c2CN1[C@@H]1CCNC1. The second-order valence-electron chi connectivity index (χ2n) is 4.35. The summed E-state index contributed by atoms with van der Waals surface area (Å²) in [4.78, 5) is 13.9. The molecule has 0 bridgehead atoms. The highest BCUT2D eigenvalue weighted by atomic mass is 35.5. The smallest absolute Gasteiger partial charge is 0.254 e. The molecule has 1 N–H and O–H groups in total. The number of nitrogens with one attached hydrogen (secondary N) is 1. The Bertz CT molecular complexity index is 446. The maximum Gasteiger partial charge on any atom is 0.254 e. The van der Waals surface area contributed by atoms with Gasteiger partial charge in [0.2, 0.25) is 0 Å². The zero-order valence-electron chi connectivity index (χ0n) is 9.28. The Morgan fingerprint density at radius 1 is 1.41 bits per heavy atom. The number of carbonyl (C=O) groups is 1. The number of halogens is 2. The van der Waals surface area contributed by atoms with Crippen molar-refractivity contribution in [3.05, 3.63) is 35.1 Å². The van der Waals surface area contributed by atoms with Crippen LogP contribution in [0.2, 0.25) is 0 Å². The van der Waals surface area contributed by atoms with Crippen LogP contribution in [0.1, 0.15) is 22.3 Å². The summed E-state index contributed by atoms with van der Waals surface area (Å²) in [6, 6.07) is 4.95. The fourth-order valence-corrected chi connectivity index (χ4v) is 2.52. The van der Waals surface area contributed by atoms with Gasteiger partial charge in [0.05, 0.1) is 6.54 Å². The largest absolute Gasteiger partial charge is 0.330 e. The fourth-order valence-electron chi connectivity index (χ4n) is 2.52. The third kappa shape index (κ3) is 1.91. The summed E-state index contributed by atoms with van der Waals surface area (Å²) in [5, 5.41) is 3.22. The van der Waals surface area contributed by atoms with E-state index in [0.29, 0.717) is 17.7 Å². The molecule has 2 heterocycles. The monoisotopic (exact) mass is 256 g/mol. The molecule has 0 aromatic heterocycles. The topological polar surface area (TPSA) is 32.3 Å². The van der Waals surface area contributed by atoms with Crippen molar-refractivity contribution in [2.75, 3.05) is 13.1 Å². The van der Waals surface area contributed by atoms with Gasteiger partial charge in [-0.1, -0.05) is 6.07 Å². The Balaban J connectivity index is 0.00000108. The van der Waals surface area contributed by atoms with Gasteiger partial charge in [0.15, 0.2) is 0 Å². The molecule has 5 heteroatoms. The van der Waals surface area contributed by atoms with Crippen molar-refractivity contribution in [2.24, 2.45) is 0 Å². The molecule has 92 valence electrons. The molecule has 1 aromatic carbocycles. The minimum atomic E-state index is -0.265. The van der Waals surface area contributed by atoms with E-state index < -0.39 is 0 Å². The third-order valence-corrected chi connectivity index (χ3v) is 3.41. The standard InChI is InChI=1S/C12H13FN2O.ClH/c13-11-3-1-2-9-10(11)7-15(12(9)16)8-4-5-14-6-8;/h1-3,8,14H,4-7H2;1H/t8-;/m1./s1. The van der Waals surface area contributed by atoms with E-state index >= 15 is 0 Å². The van der Waals surface area contributed by atoms with Crippen LogP contribution in [-0.4, -0.2) is 29.9 Å². The molecular formula is C12H14ClFN2O. The number of benzene rings is 1. The molecule has 2 aliphatic rings. The molecule has 0 aliphatic carbocycles. The van der Waals surface area contributed by atoms with Gasteiger partial charge in [-0.15, -0.1) is 12.4 Å². The van der Waals surface area contributed by atoms with Crippen LogP contribution in [0.3, 0.4) is 0 Å². The summed E-state index contributed by atoms with van der Waals surface area (Å²) in [6.45, 7) is 2.18. The summed E-state index contributed by atoms with van der Waals surface area (Å²) in [7, 11) is 0. The number of rotatable bonds is 1.